The van der Waals surface area contributed by atoms with Gasteiger partial charge in [0.05, 0.1) is 31.7 Å². The van der Waals surface area contributed by atoms with Crippen molar-refractivity contribution in [3.8, 4) is 0 Å². The summed E-state index contributed by atoms with van der Waals surface area (Å²) in [5.74, 6) is 1.91. The first-order valence-electron chi connectivity index (χ1n) is 7.45. The molecule has 1 atom stereocenters. The van der Waals surface area contributed by atoms with E-state index in [9.17, 15) is 4.79 Å². The van der Waals surface area contributed by atoms with Crippen molar-refractivity contribution in [2.75, 3.05) is 19.8 Å². The van der Waals surface area contributed by atoms with E-state index >= 15 is 0 Å². The lowest BCUT2D eigenvalue weighted by Gasteiger charge is -2.34. The molecule has 0 aliphatic carbocycles. The number of aromatic nitrogens is 1. The maximum absolute atomic E-state index is 12.2. The first-order valence-corrected chi connectivity index (χ1v) is 7.45. The predicted octanol–water partition coefficient (Wildman–Crippen LogP) is 2.36. The van der Waals surface area contributed by atoms with Gasteiger partial charge in [-0.1, -0.05) is 0 Å². The van der Waals surface area contributed by atoms with E-state index in [0.717, 1.165) is 18.0 Å². The summed E-state index contributed by atoms with van der Waals surface area (Å²) >= 11 is 0. The van der Waals surface area contributed by atoms with Crippen molar-refractivity contribution in [3.05, 3.63) is 41.5 Å². The highest BCUT2D eigenvalue weighted by Crippen LogP contribution is 2.18. The summed E-state index contributed by atoms with van der Waals surface area (Å²) in [4.78, 5) is 18.8. The van der Waals surface area contributed by atoms with Crippen LogP contribution in [0.15, 0.2) is 27.2 Å². The molecule has 118 valence electrons. The Bertz CT molecular complexity index is 613. The molecule has 0 N–H and O–H groups in total. The topological polar surface area (TPSA) is 68.7 Å². The smallest absolute Gasteiger partial charge is 0.208 e. The molecule has 3 rings (SSSR count). The Kier molecular flexibility index (Phi) is 4.40. The standard InChI is InChI=1S/C16H20N2O4/c1-11-12(2)22-16(17-11)9-18-5-7-20-10-13(18)8-14(19)15-4-3-6-21-15/h3-4,6,13H,5,7-10H2,1-2H3/t13-/m0/s1. The maximum atomic E-state index is 12.2. The number of aryl methyl sites for hydroxylation is 2. The average Bonchev–Trinajstić information content (AvgIpc) is 3.12. The van der Waals surface area contributed by atoms with Crippen LogP contribution in [0.5, 0.6) is 0 Å². The molecule has 0 radical (unpaired) electrons. The van der Waals surface area contributed by atoms with Gasteiger partial charge in [-0.05, 0) is 26.0 Å². The van der Waals surface area contributed by atoms with Crippen LogP contribution >= 0.6 is 0 Å². The third kappa shape index (κ3) is 3.28. The first kappa shape index (κ1) is 15.0. The minimum Gasteiger partial charge on any atom is -0.461 e. The molecule has 0 bridgehead atoms. The van der Waals surface area contributed by atoms with Gasteiger partial charge < -0.3 is 13.6 Å². The van der Waals surface area contributed by atoms with Crippen LogP contribution < -0.4 is 0 Å². The fourth-order valence-electron chi connectivity index (χ4n) is 2.62. The monoisotopic (exact) mass is 304 g/mol. The molecular weight excluding hydrogens is 284 g/mol. The van der Waals surface area contributed by atoms with Crippen LogP contribution in [-0.4, -0.2) is 41.5 Å². The molecule has 1 aliphatic rings. The number of hydrogen-bond donors (Lipinski definition) is 0. The van der Waals surface area contributed by atoms with Crippen LogP contribution in [0.25, 0.3) is 0 Å². The minimum absolute atomic E-state index is 0.00901. The molecule has 3 heterocycles. The molecule has 0 amide bonds. The van der Waals surface area contributed by atoms with Gasteiger partial charge in [-0.25, -0.2) is 4.98 Å². The SMILES string of the molecule is Cc1nc(CN2CCOC[C@@H]2CC(=O)c2ccco2)oc1C. The average molecular weight is 304 g/mol. The predicted molar refractivity (Wildman–Crippen MR) is 78.6 cm³/mol. The molecule has 0 unspecified atom stereocenters. The summed E-state index contributed by atoms with van der Waals surface area (Å²) in [5, 5.41) is 0. The van der Waals surface area contributed by atoms with Gasteiger partial charge in [0.1, 0.15) is 5.76 Å². The molecule has 0 aromatic carbocycles. The number of carbonyl (C=O) groups excluding carboxylic acids is 1. The van der Waals surface area contributed by atoms with Gasteiger partial charge in [0.2, 0.25) is 5.89 Å². The number of carbonyl (C=O) groups is 1. The lowest BCUT2D eigenvalue weighted by molar-refractivity contribution is -0.0161. The molecule has 6 nitrogen and oxygen atoms in total. The van der Waals surface area contributed by atoms with Crippen molar-refractivity contribution in [2.24, 2.45) is 0 Å². The number of oxazole rings is 1. The second-order valence-corrected chi connectivity index (χ2v) is 5.55. The zero-order chi connectivity index (χ0) is 15.5. The maximum Gasteiger partial charge on any atom is 0.208 e. The van der Waals surface area contributed by atoms with Crippen LogP contribution in [0.3, 0.4) is 0 Å². The Hall–Kier alpha value is -1.92. The number of rotatable bonds is 5. The van der Waals surface area contributed by atoms with Crippen LogP contribution in [0.2, 0.25) is 0 Å². The summed E-state index contributed by atoms with van der Waals surface area (Å²) in [6, 6.07) is 3.43. The molecule has 0 spiro atoms. The molecule has 0 saturated carbocycles. The number of ketones is 1. The van der Waals surface area contributed by atoms with Crippen molar-refractivity contribution >= 4 is 5.78 Å². The molecule has 1 saturated heterocycles. The summed E-state index contributed by atoms with van der Waals surface area (Å²) in [5.41, 5.74) is 0.909. The van der Waals surface area contributed by atoms with Gasteiger partial charge in [-0.15, -0.1) is 0 Å². The van der Waals surface area contributed by atoms with Gasteiger partial charge in [0, 0.05) is 19.0 Å². The Morgan fingerprint density at radius 2 is 2.32 bits per heavy atom. The quantitative estimate of drug-likeness (QED) is 0.790. The zero-order valence-electron chi connectivity index (χ0n) is 12.9. The Balaban J connectivity index is 1.67. The Labute approximate surface area is 129 Å². The van der Waals surface area contributed by atoms with Gasteiger partial charge in [0.15, 0.2) is 11.5 Å². The van der Waals surface area contributed by atoms with E-state index < -0.39 is 0 Å². The van der Waals surface area contributed by atoms with E-state index in [0.29, 0.717) is 37.8 Å². The summed E-state index contributed by atoms with van der Waals surface area (Å²) < 4.78 is 16.3. The van der Waals surface area contributed by atoms with Gasteiger partial charge in [-0.2, -0.15) is 0 Å². The fraction of sp³-hybridized carbons (Fsp3) is 0.500. The first-order chi connectivity index (χ1) is 10.6. The van der Waals surface area contributed by atoms with E-state index in [4.69, 9.17) is 13.6 Å². The van der Waals surface area contributed by atoms with E-state index in [1.54, 1.807) is 12.1 Å². The van der Waals surface area contributed by atoms with E-state index in [1.165, 1.54) is 6.26 Å². The van der Waals surface area contributed by atoms with Crippen molar-refractivity contribution < 1.29 is 18.4 Å². The number of furan rings is 1. The highest BCUT2D eigenvalue weighted by molar-refractivity contribution is 5.93. The summed E-state index contributed by atoms with van der Waals surface area (Å²) in [6.07, 6.45) is 1.88. The zero-order valence-corrected chi connectivity index (χ0v) is 12.9. The Morgan fingerprint density at radius 1 is 1.45 bits per heavy atom. The second-order valence-electron chi connectivity index (χ2n) is 5.55. The van der Waals surface area contributed by atoms with Gasteiger partial charge >= 0.3 is 0 Å². The second kappa shape index (κ2) is 6.46. The number of ether oxygens (including phenoxy) is 1. The molecule has 22 heavy (non-hydrogen) atoms. The van der Waals surface area contributed by atoms with Crippen molar-refractivity contribution in [1.29, 1.82) is 0 Å². The van der Waals surface area contributed by atoms with Crippen molar-refractivity contribution in [1.82, 2.24) is 9.88 Å². The molecule has 1 fully saturated rings. The largest absolute Gasteiger partial charge is 0.461 e. The van der Waals surface area contributed by atoms with Gasteiger partial charge in [-0.3, -0.25) is 9.69 Å². The van der Waals surface area contributed by atoms with Crippen LogP contribution in [0, 0.1) is 13.8 Å². The summed E-state index contributed by atoms with van der Waals surface area (Å²) in [6.45, 7) is 6.38. The highest BCUT2D eigenvalue weighted by atomic mass is 16.5. The lowest BCUT2D eigenvalue weighted by Crippen LogP contribution is -2.45. The van der Waals surface area contributed by atoms with Crippen LogP contribution in [0.4, 0.5) is 0 Å². The summed E-state index contributed by atoms with van der Waals surface area (Å²) in [7, 11) is 0. The van der Waals surface area contributed by atoms with Gasteiger partial charge in [0.25, 0.3) is 0 Å². The fourth-order valence-corrected chi connectivity index (χ4v) is 2.62. The lowest BCUT2D eigenvalue weighted by atomic mass is 10.1. The van der Waals surface area contributed by atoms with E-state index in [1.807, 2.05) is 13.8 Å². The van der Waals surface area contributed by atoms with E-state index in [-0.39, 0.29) is 11.8 Å². The third-order valence-electron chi connectivity index (χ3n) is 3.98. The van der Waals surface area contributed by atoms with Crippen molar-refractivity contribution in [2.45, 2.75) is 32.9 Å². The van der Waals surface area contributed by atoms with Crippen molar-refractivity contribution in [3.63, 3.8) is 0 Å². The molecule has 2 aromatic rings. The number of morpholine rings is 1. The third-order valence-corrected chi connectivity index (χ3v) is 3.98. The van der Waals surface area contributed by atoms with Crippen LogP contribution in [0.1, 0.15) is 34.3 Å². The molecule has 2 aromatic heterocycles. The minimum atomic E-state index is -0.00901. The number of hydrogen-bond acceptors (Lipinski definition) is 6. The number of nitrogens with zero attached hydrogens (tertiary/aromatic N) is 2. The van der Waals surface area contributed by atoms with Crippen LogP contribution in [-0.2, 0) is 11.3 Å². The molecular formula is C16H20N2O4. The number of Topliss-reactive ketones (excluding diaryl/α,β-unsaturated/α-hetero) is 1. The normalized spacial score (nSPS) is 19.5. The Morgan fingerprint density at radius 3 is 3.00 bits per heavy atom. The molecule has 1 aliphatic heterocycles. The van der Waals surface area contributed by atoms with E-state index in [2.05, 4.69) is 9.88 Å². The highest BCUT2D eigenvalue weighted by Gasteiger charge is 2.28. The molecule has 6 heteroatoms.